The molecule has 0 bridgehead atoms. The van der Waals surface area contributed by atoms with Crippen LogP contribution in [-0.2, 0) is 11.3 Å². The van der Waals surface area contributed by atoms with Crippen molar-refractivity contribution < 1.29 is 9.59 Å². The van der Waals surface area contributed by atoms with Crippen molar-refractivity contribution in [3.63, 3.8) is 0 Å². The molecule has 0 spiro atoms. The molecular weight excluding hydrogens is 350 g/mol. The lowest BCUT2D eigenvalue weighted by Gasteiger charge is -2.26. The molecule has 0 fully saturated rings. The zero-order valence-corrected chi connectivity index (χ0v) is 17.2. The lowest BCUT2D eigenvalue weighted by atomic mass is 10.0. The SMILES string of the molecule is CC(C)C[C@H](NC(=O)N[C@@H](C)c1ccccc1)C(=O)N(C)Cc1ccccc1. The molecule has 2 aromatic rings. The maximum absolute atomic E-state index is 13.0. The van der Waals surface area contributed by atoms with Crippen molar-refractivity contribution in [1.29, 1.82) is 0 Å². The summed E-state index contributed by atoms with van der Waals surface area (Å²) < 4.78 is 0. The van der Waals surface area contributed by atoms with Crippen LogP contribution in [0.3, 0.4) is 0 Å². The Morgan fingerprint density at radius 3 is 2.04 bits per heavy atom. The summed E-state index contributed by atoms with van der Waals surface area (Å²) in [6.07, 6.45) is 0.588. The summed E-state index contributed by atoms with van der Waals surface area (Å²) in [7, 11) is 1.77. The molecule has 0 heterocycles. The minimum atomic E-state index is -0.559. The molecule has 2 aromatic carbocycles. The smallest absolute Gasteiger partial charge is 0.315 e. The summed E-state index contributed by atoms with van der Waals surface area (Å²) in [5.74, 6) is 0.200. The number of nitrogens with one attached hydrogen (secondary N) is 2. The Bertz CT molecular complexity index is 747. The van der Waals surface area contributed by atoms with Crippen molar-refractivity contribution in [3.05, 3.63) is 71.8 Å². The fraction of sp³-hybridized carbons (Fsp3) is 0.391. The Balaban J connectivity index is 1.99. The largest absolute Gasteiger partial charge is 0.340 e. The van der Waals surface area contributed by atoms with Crippen LogP contribution in [0.4, 0.5) is 4.79 Å². The third-order valence-electron chi connectivity index (χ3n) is 4.60. The normalized spacial score (nSPS) is 12.9. The van der Waals surface area contributed by atoms with Crippen LogP contribution in [0.1, 0.15) is 44.4 Å². The average Bonchev–Trinajstić information content (AvgIpc) is 2.67. The standard InChI is InChI=1S/C23H31N3O2/c1-17(2)15-21(22(27)26(4)16-19-11-7-5-8-12-19)25-23(28)24-18(3)20-13-9-6-10-14-20/h5-14,17-18,21H,15-16H2,1-4H3,(H2,24,25,28)/t18-,21-/m0/s1. The van der Waals surface area contributed by atoms with Crippen molar-refractivity contribution in [2.75, 3.05) is 7.05 Å². The first-order valence-electron chi connectivity index (χ1n) is 9.77. The van der Waals surface area contributed by atoms with E-state index >= 15 is 0 Å². The van der Waals surface area contributed by atoms with Gasteiger partial charge >= 0.3 is 6.03 Å². The van der Waals surface area contributed by atoms with Gasteiger partial charge in [0.1, 0.15) is 6.04 Å². The second-order valence-corrected chi connectivity index (χ2v) is 7.61. The Morgan fingerprint density at radius 1 is 0.893 bits per heavy atom. The number of amides is 3. The van der Waals surface area contributed by atoms with E-state index in [9.17, 15) is 9.59 Å². The molecule has 0 radical (unpaired) electrons. The van der Waals surface area contributed by atoms with E-state index < -0.39 is 6.04 Å². The molecule has 2 rings (SSSR count). The lowest BCUT2D eigenvalue weighted by molar-refractivity contribution is -0.132. The minimum absolute atomic E-state index is 0.0833. The van der Waals surface area contributed by atoms with Gasteiger partial charge in [0.25, 0.3) is 0 Å². The molecule has 3 amide bonds. The van der Waals surface area contributed by atoms with E-state index in [2.05, 4.69) is 10.6 Å². The van der Waals surface area contributed by atoms with Gasteiger partial charge < -0.3 is 15.5 Å². The summed E-state index contributed by atoms with van der Waals surface area (Å²) in [4.78, 5) is 27.1. The van der Waals surface area contributed by atoms with Gasteiger partial charge in [0, 0.05) is 13.6 Å². The first-order chi connectivity index (χ1) is 13.4. The Labute approximate surface area is 168 Å². The van der Waals surface area contributed by atoms with E-state index in [0.29, 0.717) is 13.0 Å². The van der Waals surface area contributed by atoms with Crippen molar-refractivity contribution in [1.82, 2.24) is 15.5 Å². The van der Waals surface area contributed by atoms with E-state index in [1.165, 1.54) is 0 Å². The first kappa shape index (κ1) is 21.5. The highest BCUT2D eigenvalue weighted by molar-refractivity contribution is 5.87. The van der Waals surface area contributed by atoms with Crippen LogP contribution in [0.5, 0.6) is 0 Å². The number of urea groups is 1. The molecule has 0 unspecified atom stereocenters. The highest BCUT2D eigenvalue weighted by Gasteiger charge is 2.25. The molecule has 0 aromatic heterocycles. The highest BCUT2D eigenvalue weighted by Crippen LogP contribution is 2.13. The van der Waals surface area contributed by atoms with Gasteiger partial charge in [-0.25, -0.2) is 4.79 Å². The van der Waals surface area contributed by atoms with Crippen LogP contribution in [0.2, 0.25) is 0 Å². The third-order valence-corrected chi connectivity index (χ3v) is 4.60. The van der Waals surface area contributed by atoms with Gasteiger partial charge in [-0.1, -0.05) is 74.5 Å². The van der Waals surface area contributed by atoms with Gasteiger partial charge in [-0.2, -0.15) is 0 Å². The summed E-state index contributed by atoms with van der Waals surface area (Å²) in [6, 6.07) is 18.6. The van der Waals surface area contributed by atoms with Gasteiger partial charge in [0.05, 0.1) is 6.04 Å². The summed E-state index contributed by atoms with van der Waals surface area (Å²) in [6.45, 7) is 6.53. The monoisotopic (exact) mass is 381 g/mol. The lowest BCUT2D eigenvalue weighted by Crippen LogP contribution is -2.51. The summed E-state index contributed by atoms with van der Waals surface area (Å²) in [5, 5.41) is 5.80. The van der Waals surface area contributed by atoms with E-state index in [1.54, 1.807) is 11.9 Å². The van der Waals surface area contributed by atoms with Crippen LogP contribution >= 0.6 is 0 Å². The van der Waals surface area contributed by atoms with E-state index in [-0.39, 0.29) is 23.9 Å². The maximum atomic E-state index is 13.0. The number of rotatable bonds is 8. The number of carbonyl (C=O) groups excluding carboxylic acids is 2. The molecule has 0 saturated heterocycles. The van der Waals surface area contributed by atoms with Crippen molar-refractivity contribution >= 4 is 11.9 Å². The molecule has 150 valence electrons. The number of likely N-dealkylation sites (N-methyl/N-ethyl adjacent to an activating group) is 1. The molecule has 2 atom stereocenters. The number of hydrogen-bond donors (Lipinski definition) is 2. The Morgan fingerprint density at radius 2 is 1.46 bits per heavy atom. The predicted molar refractivity (Wildman–Crippen MR) is 113 cm³/mol. The first-order valence-corrected chi connectivity index (χ1v) is 9.77. The van der Waals surface area contributed by atoms with E-state index in [1.807, 2.05) is 81.4 Å². The van der Waals surface area contributed by atoms with E-state index in [0.717, 1.165) is 11.1 Å². The Kier molecular flexibility index (Phi) is 8.05. The summed E-state index contributed by atoms with van der Waals surface area (Å²) >= 11 is 0. The maximum Gasteiger partial charge on any atom is 0.315 e. The zero-order valence-electron chi connectivity index (χ0n) is 17.2. The van der Waals surface area contributed by atoms with Crippen LogP contribution in [0, 0.1) is 5.92 Å². The molecule has 0 aliphatic carbocycles. The van der Waals surface area contributed by atoms with Gasteiger partial charge in [-0.3, -0.25) is 4.79 Å². The number of benzene rings is 2. The molecule has 0 aliphatic heterocycles. The second-order valence-electron chi connectivity index (χ2n) is 7.61. The second kappa shape index (κ2) is 10.5. The zero-order chi connectivity index (χ0) is 20.5. The molecule has 5 nitrogen and oxygen atoms in total. The highest BCUT2D eigenvalue weighted by atomic mass is 16.2. The van der Waals surface area contributed by atoms with Gasteiger partial charge in [0.2, 0.25) is 5.91 Å². The van der Waals surface area contributed by atoms with Crippen molar-refractivity contribution in [3.8, 4) is 0 Å². The van der Waals surface area contributed by atoms with Crippen LogP contribution < -0.4 is 10.6 Å². The van der Waals surface area contributed by atoms with Crippen LogP contribution in [-0.4, -0.2) is 29.9 Å². The quantitative estimate of drug-likeness (QED) is 0.722. The molecule has 0 aliphatic rings. The fourth-order valence-electron chi connectivity index (χ4n) is 3.12. The van der Waals surface area contributed by atoms with Gasteiger partial charge in [-0.15, -0.1) is 0 Å². The van der Waals surface area contributed by atoms with Crippen LogP contribution in [0.15, 0.2) is 60.7 Å². The molecular formula is C23H31N3O2. The molecule has 28 heavy (non-hydrogen) atoms. The van der Waals surface area contributed by atoms with Gasteiger partial charge in [-0.05, 0) is 30.4 Å². The number of carbonyl (C=O) groups is 2. The predicted octanol–water partition coefficient (Wildman–Crippen LogP) is 4.12. The minimum Gasteiger partial charge on any atom is -0.340 e. The Hall–Kier alpha value is -2.82. The summed E-state index contributed by atoms with van der Waals surface area (Å²) in [5.41, 5.74) is 2.08. The average molecular weight is 382 g/mol. The number of hydrogen-bond acceptors (Lipinski definition) is 2. The van der Waals surface area contributed by atoms with Crippen molar-refractivity contribution in [2.24, 2.45) is 5.92 Å². The van der Waals surface area contributed by atoms with Gasteiger partial charge in [0.15, 0.2) is 0 Å². The van der Waals surface area contributed by atoms with E-state index in [4.69, 9.17) is 0 Å². The third kappa shape index (κ3) is 6.72. The molecule has 5 heteroatoms. The van der Waals surface area contributed by atoms with Crippen LogP contribution in [0.25, 0.3) is 0 Å². The molecule has 0 saturated carbocycles. The number of nitrogens with zero attached hydrogens (tertiary/aromatic N) is 1. The topological polar surface area (TPSA) is 61.4 Å². The fourth-order valence-corrected chi connectivity index (χ4v) is 3.12. The van der Waals surface area contributed by atoms with Crippen molar-refractivity contribution in [2.45, 2.75) is 45.8 Å². The molecule has 2 N–H and O–H groups in total.